The molecular formula is C46H66N12O8. The largest absolute Gasteiger partial charge is 0.481 e. The maximum Gasteiger partial charge on any atom is 0.305 e. The van der Waals surface area contributed by atoms with Crippen LogP contribution in [0.2, 0.25) is 0 Å². The van der Waals surface area contributed by atoms with E-state index < -0.39 is 72.0 Å². The van der Waals surface area contributed by atoms with E-state index in [-0.39, 0.29) is 62.5 Å². The standard InChI is InChI=1S/C46H66N12O8/c1-5-27(3)26-53-41(63)34(13-9-21-51-45(47)48)56-43(65)36(25-38(60)61)57-44(66)39(28(4)6-2)58-42(64)35(14-10-22-52-46(49)50)55-37(59)23-29-15-19-33(20-16-29)54-40(62)32-18-17-30-11-7-8-12-31(30)24-32/h7-8,11-12,15-20,24,27-28,34-36,39H,5-6,9-10,13-14,21-23,25-26H2,1-4H3,(H,53,63)(H,54,62)(H,55,59)(H,56,65)(H,57,66)(H,58,64)(H,60,61)(H4,47,48,51)(H4,49,50,52)/t27?,28-,34-,35-,36-,39-/m0/s1. The van der Waals surface area contributed by atoms with E-state index in [0.717, 1.165) is 17.2 Å². The van der Waals surface area contributed by atoms with Gasteiger partial charge in [-0.2, -0.15) is 0 Å². The van der Waals surface area contributed by atoms with Crippen LogP contribution < -0.4 is 54.8 Å². The lowest BCUT2D eigenvalue weighted by Crippen LogP contribution is -2.60. The van der Waals surface area contributed by atoms with Crippen molar-refractivity contribution >= 4 is 69.8 Å². The fourth-order valence-corrected chi connectivity index (χ4v) is 6.63. The van der Waals surface area contributed by atoms with Crippen LogP contribution in [0.3, 0.4) is 0 Å². The van der Waals surface area contributed by atoms with Gasteiger partial charge in [0.15, 0.2) is 11.9 Å². The second-order valence-electron chi connectivity index (χ2n) is 16.3. The normalized spacial score (nSPS) is 13.6. The summed E-state index contributed by atoms with van der Waals surface area (Å²) in [4.78, 5) is 101. The Morgan fingerprint density at radius 1 is 0.652 bits per heavy atom. The average Bonchev–Trinajstić information content (AvgIpc) is 3.28. The van der Waals surface area contributed by atoms with Crippen LogP contribution in [0.4, 0.5) is 5.69 Å². The van der Waals surface area contributed by atoms with Gasteiger partial charge in [-0.05, 0) is 78.1 Å². The maximum absolute atomic E-state index is 14.0. The van der Waals surface area contributed by atoms with E-state index in [2.05, 4.69) is 41.9 Å². The molecule has 0 aromatic heterocycles. The van der Waals surface area contributed by atoms with Gasteiger partial charge in [0.25, 0.3) is 5.91 Å². The van der Waals surface area contributed by atoms with Crippen molar-refractivity contribution in [1.29, 1.82) is 0 Å². The number of carbonyl (C=O) groups is 7. The molecule has 0 aliphatic carbocycles. The third kappa shape index (κ3) is 18.5. The predicted molar refractivity (Wildman–Crippen MR) is 254 cm³/mol. The minimum absolute atomic E-state index is 0.0661. The monoisotopic (exact) mass is 915 g/mol. The van der Waals surface area contributed by atoms with E-state index >= 15 is 0 Å². The molecule has 6 amide bonds. The number of carbonyl (C=O) groups excluding carboxylic acids is 6. The number of carboxylic acid groups (broad SMARTS) is 1. The number of amides is 6. The zero-order chi connectivity index (χ0) is 48.8. The minimum Gasteiger partial charge on any atom is -0.481 e. The molecule has 1 unspecified atom stereocenters. The highest BCUT2D eigenvalue weighted by molar-refractivity contribution is 6.06. The molecule has 15 N–H and O–H groups in total. The number of anilines is 1. The van der Waals surface area contributed by atoms with Crippen molar-refractivity contribution in [3.63, 3.8) is 0 Å². The van der Waals surface area contributed by atoms with Crippen LogP contribution in [0.5, 0.6) is 0 Å². The highest BCUT2D eigenvalue weighted by atomic mass is 16.4. The zero-order valence-electron chi connectivity index (χ0n) is 38.1. The number of benzene rings is 3. The summed E-state index contributed by atoms with van der Waals surface area (Å²) in [6.45, 7) is 8.00. The van der Waals surface area contributed by atoms with Crippen LogP contribution in [0, 0.1) is 11.8 Å². The first-order valence-electron chi connectivity index (χ1n) is 22.1. The van der Waals surface area contributed by atoms with E-state index in [0.29, 0.717) is 36.2 Å². The van der Waals surface area contributed by atoms with Crippen LogP contribution >= 0.6 is 0 Å². The quantitative estimate of drug-likeness (QED) is 0.0294. The Kier molecular flexibility index (Phi) is 21.8. The fourth-order valence-electron chi connectivity index (χ4n) is 6.63. The molecule has 0 spiro atoms. The Hall–Kier alpha value is -7.25. The van der Waals surface area contributed by atoms with Crippen LogP contribution in [0.1, 0.15) is 88.6 Å². The summed E-state index contributed by atoms with van der Waals surface area (Å²) in [7, 11) is 0. The number of guanidine groups is 2. The lowest BCUT2D eigenvalue weighted by Gasteiger charge is -2.28. The van der Waals surface area contributed by atoms with Crippen LogP contribution in [-0.2, 0) is 35.2 Å². The topological polar surface area (TPSA) is 341 Å². The summed E-state index contributed by atoms with van der Waals surface area (Å²) in [6.07, 6.45) is 0.916. The minimum atomic E-state index is -1.64. The number of aliphatic imine (C=N–C) groups is 2. The molecule has 3 aromatic rings. The predicted octanol–water partition coefficient (Wildman–Crippen LogP) is 1.36. The summed E-state index contributed by atoms with van der Waals surface area (Å²) < 4.78 is 0. The van der Waals surface area contributed by atoms with Gasteiger partial charge in [0.2, 0.25) is 29.5 Å². The number of hydrogen-bond acceptors (Lipinski definition) is 9. The highest BCUT2D eigenvalue weighted by Crippen LogP contribution is 2.18. The Bertz CT molecular complexity index is 2190. The van der Waals surface area contributed by atoms with E-state index in [1.807, 2.05) is 44.2 Å². The number of hydrogen-bond donors (Lipinski definition) is 11. The maximum atomic E-state index is 14.0. The molecule has 6 atom stereocenters. The number of fused-ring (bicyclic) bond motifs is 1. The number of nitrogens with two attached hydrogens (primary N) is 4. The molecule has 0 aliphatic rings. The molecule has 0 saturated heterocycles. The van der Waals surface area contributed by atoms with Crippen molar-refractivity contribution in [3.8, 4) is 0 Å². The molecule has 0 heterocycles. The number of nitrogens with zero attached hydrogens (tertiary/aromatic N) is 2. The molecule has 0 saturated carbocycles. The van der Waals surface area contributed by atoms with Gasteiger partial charge in [0, 0.05) is 30.9 Å². The summed E-state index contributed by atoms with van der Waals surface area (Å²) in [5.74, 6) is -5.95. The molecule has 20 nitrogen and oxygen atoms in total. The SMILES string of the molecule is CCC(C)CNC(=O)[C@H](CCCN=C(N)N)NC(=O)[C@H](CC(=O)O)NC(=O)[C@@H](NC(=O)[C@H](CCCN=C(N)N)NC(=O)Cc1ccc(NC(=O)c2ccc3ccccc3c2)cc1)[C@@H](C)CC. The van der Waals surface area contributed by atoms with Crippen molar-refractivity contribution in [2.75, 3.05) is 25.0 Å². The second kappa shape index (κ2) is 27.2. The van der Waals surface area contributed by atoms with E-state index in [9.17, 15) is 38.7 Å². The lowest BCUT2D eigenvalue weighted by molar-refractivity contribution is -0.141. The van der Waals surface area contributed by atoms with Crippen molar-refractivity contribution < 1.29 is 38.7 Å². The number of aliphatic carboxylic acids is 1. The Labute approximate surface area is 384 Å². The lowest BCUT2D eigenvalue weighted by atomic mass is 9.96. The van der Waals surface area contributed by atoms with Crippen LogP contribution in [0.25, 0.3) is 10.8 Å². The highest BCUT2D eigenvalue weighted by Gasteiger charge is 2.34. The van der Waals surface area contributed by atoms with Gasteiger partial charge < -0.3 is 59.9 Å². The first-order valence-corrected chi connectivity index (χ1v) is 22.1. The molecule has 0 bridgehead atoms. The molecule has 358 valence electrons. The van der Waals surface area contributed by atoms with Gasteiger partial charge in [0.1, 0.15) is 24.2 Å². The third-order valence-corrected chi connectivity index (χ3v) is 10.9. The van der Waals surface area contributed by atoms with E-state index in [4.69, 9.17) is 22.9 Å². The molecule has 0 radical (unpaired) electrons. The number of nitrogens with one attached hydrogen (secondary N) is 6. The van der Waals surface area contributed by atoms with Crippen LogP contribution in [0.15, 0.2) is 76.7 Å². The summed E-state index contributed by atoms with van der Waals surface area (Å²) in [5, 5.41) is 27.8. The smallest absolute Gasteiger partial charge is 0.305 e. The van der Waals surface area contributed by atoms with Gasteiger partial charge in [-0.15, -0.1) is 0 Å². The van der Waals surface area contributed by atoms with E-state index in [1.54, 1.807) is 50.2 Å². The summed E-state index contributed by atoms with van der Waals surface area (Å²) >= 11 is 0. The van der Waals surface area contributed by atoms with Gasteiger partial charge in [0.05, 0.1) is 12.8 Å². The van der Waals surface area contributed by atoms with Gasteiger partial charge >= 0.3 is 5.97 Å². The fraction of sp³-hybridized carbons (Fsp3) is 0.457. The molecular weight excluding hydrogens is 849 g/mol. The Morgan fingerprint density at radius 2 is 1.23 bits per heavy atom. The average molecular weight is 915 g/mol. The summed E-state index contributed by atoms with van der Waals surface area (Å²) in [6, 6.07) is 14.6. The molecule has 0 aliphatic heterocycles. The van der Waals surface area contributed by atoms with Crippen molar-refractivity contribution in [2.45, 2.75) is 103 Å². The van der Waals surface area contributed by atoms with Gasteiger partial charge in [-0.3, -0.25) is 43.5 Å². The van der Waals surface area contributed by atoms with Crippen LogP contribution in [-0.4, -0.2) is 102 Å². The second-order valence-corrected chi connectivity index (χ2v) is 16.3. The number of rotatable bonds is 27. The van der Waals surface area contributed by atoms with Gasteiger partial charge in [-0.25, -0.2) is 0 Å². The molecule has 66 heavy (non-hydrogen) atoms. The first kappa shape index (κ1) is 53.1. The molecule has 3 rings (SSSR count). The van der Waals surface area contributed by atoms with Crippen molar-refractivity contribution in [3.05, 3.63) is 77.9 Å². The zero-order valence-corrected chi connectivity index (χ0v) is 38.1. The molecule has 0 fully saturated rings. The van der Waals surface area contributed by atoms with E-state index in [1.165, 1.54) is 0 Å². The first-order chi connectivity index (χ1) is 31.4. The van der Waals surface area contributed by atoms with Gasteiger partial charge in [-0.1, -0.05) is 83.0 Å². The van der Waals surface area contributed by atoms with Crippen molar-refractivity contribution in [2.24, 2.45) is 44.8 Å². The Morgan fingerprint density at radius 3 is 1.80 bits per heavy atom. The Balaban J connectivity index is 1.75. The molecule has 20 heteroatoms. The summed E-state index contributed by atoms with van der Waals surface area (Å²) in [5.41, 5.74) is 23.4. The molecule has 3 aromatic carbocycles. The van der Waals surface area contributed by atoms with Crippen molar-refractivity contribution in [1.82, 2.24) is 26.6 Å². The number of carboxylic acids is 1. The third-order valence-electron chi connectivity index (χ3n) is 10.9.